The molecule has 1 unspecified atom stereocenters. The van der Waals surface area contributed by atoms with Crippen LogP contribution in [0.5, 0.6) is 0 Å². The minimum absolute atomic E-state index is 0.140. The van der Waals surface area contributed by atoms with Gasteiger partial charge >= 0.3 is 0 Å². The van der Waals surface area contributed by atoms with E-state index in [4.69, 9.17) is 9.47 Å². The van der Waals surface area contributed by atoms with E-state index in [1.165, 1.54) is 4.90 Å². The van der Waals surface area contributed by atoms with Crippen LogP contribution in [0.3, 0.4) is 0 Å². The Bertz CT molecular complexity index is 282. The van der Waals surface area contributed by atoms with E-state index in [9.17, 15) is 0 Å². The molecule has 3 nitrogen and oxygen atoms in total. The lowest BCUT2D eigenvalue weighted by molar-refractivity contribution is 0.0293. The number of ether oxygens (including phenoxy) is 2. The molecule has 0 saturated heterocycles. The van der Waals surface area contributed by atoms with Crippen molar-refractivity contribution in [3.63, 3.8) is 0 Å². The second kappa shape index (κ2) is 9.48. The molecule has 1 N–H and O–H groups in total. The van der Waals surface area contributed by atoms with Crippen molar-refractivity contribution in [2.45, 2.75) is 11.0 Å². The Morgan fingerprint density at radius 1 is 1.24 bits per heavy atom. The van der Waals surface area contributed by atoms with Gasteiger partial charge in [0.1, 0.15) is 0 Å². The summed E-state index contributed by atoms with van der Waals surface area (Å²) in [6.45, 7) is 2.44. The standard InChI is InChI=1S/C13H21NO2S/c1-15-11-12(16-2)10-14-8-9-17-13-6-4-3-5-7-13/h3-7,12,14H,8-11H2,1-2H3. The minimum atomic E-state index is 0.140. The first-order valence-electron chi connectivity index (χ1n) is 5.77. The molecule has 0 aliphatic rings. The van der Waals surface area contributed by atoms with E-state index in [0.717, 1.165) is 18.8 Å². The normalized spacial score (nSPS) is 12.6. The fraction of sp³-hybridized carbons (Fsp3) is 0.538. The van der Waals surface area contributed by atoms with Crippen molar-refractivity contribution in [2.24, 2.45) is 0 Å². The summed E-state index contributed by atoms with van der Waals surface area (Å²) in [6.07, 6.45) is 0.140. The molecule has 96 valence electrons. The molecule has 0 heterocycles. The van der Waals surface area contributed by atoms with Crippen LogP contribution < -0.4 is 5.32 Å². The molecular weight excluding hydrogens is 234 g/mol. The van der Waals surface area contributed by atoms with E-state index in [0.29, 0.717) is 6.61 Å². The number of thioether (sulfide) groups is 1. The number of nitrogens with one attached hydrogen (secondary N) is 1. The van der Waals surface area contributed by atoms with Gasteiger partial charge in [0, 0.05) is 38.0 Å². The second-order valence-corrected chi connectivity index (χ2v) is 4.85. The van der Waals surface area contributed by atoms with E-state index < -0.39 is 0 Å². The van der Waals surface area contributed by atoms with Crippen molar-refractivity contribution in [2.75, 3.05) is 39.7 Å². The Morgan fingerprint density at radius 3 is 2.65 bits per heavy atom. The van der Waals surface area contributed by atoms with Crippen LogP contribution in [0.2, 0.25) is 0 Å². The molecule has 0 saturated carbocycles. The third kappa shape index (κ3) is 6.68. The van der Waals surface area contributed by atoms with Gasteiger partial charge in [0.2, 0.25) is 0 Å². The van der Waals surface area contributed by atoms with Crippen LogP contribution in [0, 0.1) is 0 Å². The average Bonchev–Trinajstić information content (AvgIpc) is 2.38. The lowest BCUT2D eigenvalue weighted by Gasteiger charge is -2.14. The van der Waals surface area contributed by atoms with Gasteiger partial charge in [-0.15, -0.1) is 11.8 Å². The van der Waals surface area contributed by atoms with E-state index in [-0.39, 0.29) is 6.10 Å². The van der Waals surface area contributed by atoms with Gasteiger partial charge in [-0.2, -0.15) is 0 Å². The van der Waals surface area contributed by atoms with Gasteiger partial charge in [0.05, 0.1) is 12.7 Å². The predicted octanol–water partition coefficient (Wildman–Crippen LogP) is 2.03. The highest BCUT2D eigenvalue weighted by molar-refractivity contribution is 7.99. The Morgan fingerprint density at radius 2 is 2.00 bits per heavy atom. The summed E-state index contributed by atoms with van der Waals surface area (Å²) in [7, 11) is 3.40. The Kier molecular flexibility index (Phi) is 8.09. The fourth-order valence-corrected chi connectivity index (χ4v) is 2.25. The van der Waals surface area contributed by atoms with E-state index in [2.05, 4.69) is 29.6 Å². The zero-order valence-corrected chi connectivity index (χ0v) is 11.3. The molecule has 0 aromatic heterocycles. The van der Waals surface area contributed by atoms with Crippen molar-refractivity contribution < 1.29 is 9.47 Å². The molecule has 0 amide bonds. The average molecular weight is 255 g/mol. The number of hydrogen-bond acceptors (Lipinski definition) is 4. The van der Waals surface area contributed by atoms with Crippen LogP contribution in [0.25, 0.3) is 0 Å². The van der Waals surface area contributed by atoms with Crippen LogP contribution in [-0.4, -0.2) is 45.8 Å². The summed E-state index contributed by atoms with van der Waals surface area (Å²) < 4.78 is 10.3. The van der Waals surface area contributed by atoms with Crippen LogP contribution in [0.4, 0.5) is 0 Å². The third-order valence-corrected chi connectivity index (χ3v) is 3.36. The van der Waals surface area contributed by atoms with Gasteiger partial charge in [0.15, 0.2) is 0 Å². The maximum absolute atomic E-state index is 5.26. The lowest BCUT2D eigenvalue weighted by Crippen LogP contribution is -2.32. The topological polar surface area (TPSA) is 30.5 Å². The highest BCUT2D eigenvalue weighted by Gasteiger charge is 2.05. The number of rotatable bonds is 9. The van der Waals surface area contributed by atoms with Crippen LogP contribution in [-0.2, 0) is 9.47 Å². The zero-order valence-electron chi connectivity index (χ0n) is 10.5. The van der Waals surface area contributed by atoms with Gasteiger partial charge < -0.3 is 14.8 Å². The van der Waals surface area contributed by atoms with Gasteiger partial charge in [0.25, 0.3) is 0 Å². The van der Waals surface area contributed by atoms with Crippen molar-refractivity contribution in [1.29, 1.82) is 0 Å². The number of hydrogen-bond donors (Lipinski definition) is 1. The number of benzene rings is 1. The van der Waals surface area contributed by atoms with Crippen LogP contribution in [0.15, 0.2) is 35.2 Å². The van der Waals surface area contributed by atoms with Gasteiger partial charge in [-0.3, -0.25) is 0 Å². The maximum Gasteiger partial charge on any atom is 0.0928 e. The van der Waals surface area contributed by atoms with Crippen molar-refractivity contribution in [1.82, 2.24) is 5.32 Å². The summed E-state index contributed by atoms with van der Waals surface area (Å²) in [6, 6.07) is 10.4. The van der Waals surface area contributed by atoms with E-state index >= 15 is 0 Å². The molecule has 4 heteroatoms. The summed E-state index contributed by atoms with van der Waals surface area (Å²) >= 11 is 1.86. The quantitative estimate of drug-likeness (QED) is 0.540. The molecule has 1 aromatic carbocycles. The largest absolute Gasteiger partial charge is 0.382 e. The monoisotopic (exact) mass is 255 g/mol. The first kappa shape index (κ1) is 14.5. The summed E-state index contributed by atoms with van der Waals surface area (Å²) in [4.78, 5) is 1.31. The second-order valence-electron chi connectivity index (χ2n) is 3.68. The molecule has 17 heavy (non-hydrogen) atoms. The molecule has 0 aliphatic heterocycles. The van der Waals surface area contributed by atoms with E-state index in [1.807, 2.05) is 17.8 Å². The SMILES string of the molecule is COCC(CNCCSc1ccccc1)OC. The molecule has 0 spiro atoms. The molecule has 0 aliphatic carbocycles. The predicted molar refractivity (Wildman–Crippen MR) is 72.7 cm³/mol. The van der Waals surface area contributed by atoms with Gasteiger partial charge in [-0.1, -0.05) is 18.2 Å². The third-order valence-electron chi connectivity index (χ3n) is 2.35. The van der Waals surface area contributed by atoms with Gasteiger partial charge in [-0.05, 0) is 12.1 Å². The molecule has 1 atom stereocenters. The minimum Gasteiger partial charge on any atom is -0.382 e. The number of methoxy groups -OCH3 is 2. The molecule has 1 rings (SSSR count). The molecule has 1 aromatic rings. The highest BCUT2D eigenvalue weighted by Crippen LogP contribution is 2.15. The molecular formula is C13H21NO2S. The first-order valence-corrected chi connectivity index (χ1v) is 6.75. The van der Waals surface area contributed by atoms with Gasteiger partial charge in [-0.25, -0.2) is 0 Å². The van der Waals surface area contributed by atoms with E-state index in [1.54, 1.807) is 14.2 Å². The summed E-state index contributed by atoms with van der Waals surface area (Å²) in [5, 5.41) is 3.37. The fourth-order valence-electron chi connectivity index (χ4n) is 1.42. The zero-order chi connectivity index (χ0) is 12.3. The van der Waals surface area contributed by atoms with Crippen molar-refractivity contribution in [3.05, 3.63) is 30.3 Å². The maximum atomic E-state index is 5.26. The van der Waals surface area contributed by atoms with Crippen molar-refractivity contribution in [3.8, 4) is 0 Å². The molecule has 0 radical (unpaired) electrons. The lowest BCUT2D eigenvalue weighted by atomic mass is 10.4. The first-order chi connectivity index (χ1) is 8.36. The summed E-state index contributed by atoms with van der Waals surface area (Å²) in [5.74, 6) is 1.06. The summed E-state index contributed by atoms with van der Waals surface area (Å²) in [5.41, 5.74) is 0. The molecule has 0 fully saturated rings. The van der Waals surface area contributed by atoms with Crippen LogP contribution in [0.1, 0.15) is 0 Å². The highest BCUT2D eigenvalue weighted by atomic mass is 32.2. The smallest absolute Gasteiger partial charge is 0.0928 e. The Balaban J connectivity index is 2.04. The molecule has 0 bridgehead atoms. The Labute approximate surface area is 108 Å². The Hall–Kier alpha value is -0.550. The van der Waals surface area contributed by atoms with Crippen LogP contribution >= 0.6 is 11.8 Å². The van der Waals surface area contributed by atoms with Crippen molar-refractivity contribution >= 4 is 11.8 Å².